The van der Waals surface area contributed by atoms with E-state index in [1.165, 1.54) is 16.7 Å². The molecule has 0 amide bonds. The topological polar surface area (TPSA) is 96.1 Å². The van der Waals surface area contributed by atoms with Gasteiger partial charge in [-0.05, 0) is 50.0 Å². The average Bonchev–Trinajstić information content (AvgIpc) is 2.70. The summed E-state index contributed by atoms with van der Waals surface area (Å²) in [5, 5.41) is 8.91. The molecule has 0 saturated carbocycles. The van der Waals surface area contributed by atoms with Crippen LogP contribution in [0.15, 0.2) is 52.2 Å². The summed E-state index contributed by atoms with van der Waals surface area (Å²) in [4.78, 5) is 19.2. The summed E-state index contributed by atoms with van der Waals surface area (Å²) in [5.74, 6) is 0.00929. The monoisotopic (exact) mass is 410 g/mol. The molecule has 0 radical (unpaired) electrons. The van der Waals surface area contributed by atoms with Crippen LogP contribution >= 0.6 is 0 Å². The molecule has 3 aromatic rings. The van der Waals surface area contributed by atoms with Gasteiger partial charge >= 0.3 is 0 Å². The molecule has 1 heterocycles. The van der Waals surface area contributed by atoms with E-state index in [2.05, 4.69) is 11.1 Å². The molecule has 29 heavy (non-hydrogen) atoms. The van der Waals surface area contributed by atoms with E-state index < -0.39 is 9.84 Å². The maximum Gasteiger partial charge on any atom is 0.272 e. The van der Waals surface area contributed by atoms with Crippen molar-refractivity contribution in [3.05, 3.63) is 69.6 Å². The zero-order chi connectivity index (χ0) is 21.2. The van der Waals surface area contributed by atoms with Crippen molar-refractivity contribution >= 4 is 20.9 Å². The Morgan fingerprint density at radius 2 is 1.83 bits per heavy atom. The van der Waals surface area contributed by atoms with Crippen molar-refractivity contribution < 1.29 is 8.42 Å². The molecule has 150 valence electrons. The molecule has 0 atom stereocenters. The lowest BCUT2D eigenvalue weighted by Gasteiger charge is -2.12. The Morgan fingerprint density at radius 1 is 1.14 bits per heavy atom. The molecule has 0 aliphatic heterocycles. The highest BCUT2D eigenvalue weighted by molar-refractivity contribution is 7.91. The number of sulfone groups is 1. The van der Waals surface area contributed by atoms with Gasteiger partial charge in [0, 0.05) is 20.0 Å². The van der Waals surface area contributed by atoms with E-state index in [0.717, 1.165) is 5.56 Å². The van der Waals surface area contributed by atoms with Crippen LogP contribution < -0.4 is 5.56 Å². The summed E-state index contributed by atoms with van der Waals surface area (Å²) in [6, 6.07) is 13.7. The highest BCUT2D eigenvalue weighted by atomic mass is 32.2. The van der Waals surface area contributed by atoms with Gasteiger partial charge in [0.15, 0.2) is 9.84 Å². The van der Waals surface area contributed by atoms with Crippen LogP contribution in [0.25, 0.3) is 11.0 Å². The van der Waals surface area contributed by atoms with Crippen LogP contribution in [0.2, 0.25) is 0 Å². The minimum absolute atomic E-state index is 0.00929. The first-order chi connectivity index (χ1) is 13.7. The summed E-state index contributed by atoms with van der Waals surface area (Å²) in [6.45, 7) is 0.422. The molecule has 3 rings (SSSR count). The van der Waals surface area contributed by atoms with E-state index in [1.807, 2.05) is 19.0 Å². The fourth-order valence-corrected chi connectivity index (χ4v) is 4.40. The number of nitrogens with zero attached hydrogens (tertiary/aromatic N) is 4. The first-order valence-electron chi connectivity index (χ1n) is 9.07. The minimum Gasteiger partial charge on any atom is -0.308 e. The number of benzene rings is 2. The standard InChI is InChI=1S/C21H22N4O3S/c1-24(2)10-11-29(27,28)17-8-9-20-18(13-17)23-19(21(26)25(20)3)12-15-4-6-16(14-22)7-5-15/h4-9,13H,10-12H2,1-3H3. The van der Waals surface area contributed by atoms with Crippen molar-refractivity contribution in [1.82, 2.24) is 14.5 Å². The molecule has 0 bridgehead atoms. The number of rotatable bonds is 6. The number of hydrogen-bond acceptors (Lipinski definition) is 6. The molecule has 7 nitrogen and oxygen atoms in total. The number of aryl methyl sites for hydroxylation is 1. The van der Waals surface area contributed by atoms with E-state index in [9.17, 15) is 13.2 Å². The molecule has 0 fully saturated rings. The highest BCUT2D eigenvalue weighted by Crippen LogP contribution is 2.19. The fourth-order valence-electron chi connectivity index (χ4n) is 2.99. The van der Waals surface area contributed by atoms with Gasteiger partial charge in [-0.2, -0.15) is 5.26 Å². The van der Waals surface area contributed by atoms with Crippen molar-refractivity contribution in [3.8, 4) is 6.07 Å². The van der Waals surface area contributed by atoms with Crippen LogP contribution in [0.1, 0.15) is 16.8 Å². The third-order valence-corrected chi connectivity index (χ3v) is 6.43. The molecule has 0 unspecified atom stereocenters. The molecule has 0 aliphatic rings. The van der Waals surface area contributed by atoms with Gasteiger partial charge in [0.2, 0.25) is 0 Å². The van der Waals surface area contributed by atoms with Crippen molar-refractivity contribution in [3.63, 3.8) is 0 Å². The second-order valence-electron chi connectivity index (χ2n) is 7.18. The van der Waals surface area contributed by atoms with E-state index in [4.69, 9.17) is 5.26 Å². The molecule has 1 aromatic heterocycles. The van der Waals surface area contributed by atoms with Gasteiger partial charge in [-0.25, -0.2) is 13.4 Å². The molecular formula is C21H22N4O3S. The Balaban J connectivity index is 2.02. The zero-order valence-electron chi connectivity index (χ0n) is 16.6. The van der Waals surface area contributed by atoms with Crippen LogP contribution in [-0.4, -0.2) is 49.3 Å². The van der Waals surface area contributed by atoms with Gasteiger partial charge in [0.25, 0.3) is 5.56 Å². The van der Waals surface area contributed by atoms with Gasteiger partial charge in [-0.15, -0.1) is 0 Å². The van der Waals surface area contributed by atoms with Gasteiger partial charge in [-0.1, -0.05) is 12.1 Å². The molecule has 0 N–H and O–H groups in total. The summed E-state index contributed by atoms with van der Waals surface area (Å²) in [5.41, 5.74) is 2.52. The number of aromatic nitrogens is 2. The maximum absolute atomic E-state index is 12.7. The Bertz CT molecular complexity index is 1250. The zero-order valence-corrected chi connectivity index (χ0v) is 17.4. The molecule has 0 aliphatic carbocycles. The van der Waals surface area contributed by atoms with Gasteiger partial charge in [-0.3, -0.25) is 4.79 Å². The second kappa shape index (κ2) is 8.15. The SMILES string of the molecule is CN(C)CCS(=O)(=O)c1ccc2c(c1)nc(Cc1ccc(C#N)cc1)c(=O)n2C. The predicted molar refractivity (Wildman–Crippen MR) is 112 cm³/mol. The molecule has 2 aromatic carbocycles. The van der Waals surface area contributed by atoms with Crippen molar-refractivity contribution in [1.29, 1.82) is 5.26 Å². The third kappa shape index (κ3) is 4.53. The Hall–Kier alpha value is -3.02. The fraction of sp³-hybridized carbons (Fsp3) is 0.286. The van der Waals surface area contributed by atoms with Crippen LogP contribution in [0.4, 0.5) is 0 Å². The molecule has 8 heteroatoms. The summed E-state index contributed by atoms with van der Waals surface area (Å²) in [7, 11) is 1.84. The van der Waals surface area contributed by atoms with E-state index in [0.29, 0.717) is 35.3 Å². The van der Waals surface area contributed by atoms with Crippen LogP contribution in [-0.2, 0) is 23.3 Å². The quantitative estimate of drug-likeness (QED) is 0.614. The van der Waals surface area contributed by atoms with Crippen molar-refractivity contribution in [2.24, 2.45) is 7.05 Å². The first-order valence-corrected chi connectivity index (χ1v) is 10.7. The van der Waals surface area contributed by atoms with Crippen LogP contribution in [0.3, 0.4) is 0 Å². The van der Waals surface area contributed by atoms with Crippen molar-refractivity contribution in [2.45, 2.75) is 11.3 Å². The summed E-state index contributed by atoms with van der Waals surface area (Å²) in [6.07, 6.45) is 0.298. The van der Waals surface area contributed by atoms with Crippen LogP contribution in [0.5, 0.6) is 0 Å². The average molecular weight is 410 g/mol. The lowest BCUT2D eigenvalue weighted by molar-refractivity contribution is 0.432. The second-order valence-corrected chi connectivity index (χ2v) is 9.29. The highest BCUT2D eigenvalue weighted by Gasteiger charge is 2.17. The molecule has 0 saturated heterocycles. The Kier molecular flexibility index (Phi) is 5.82. The van der Waals surface area contributed by atoms with E-state index in [1.54, 1.807) is 37.4 Å². The molecular weight excluding hydrogens is 388 g/mol. The first kappa shape index (κ1) is 20.7. The van der Waals surface area contributed by atoms with E-state index >= 15 is 0 Å². The normalized spacial score (nSPS) is 11.7. The smallest absolute Gasteiger partial charge is 0.272 e. The molecule has 0 spiro atoms. The summed E-state index contributed by atoms with van der Waals surface area (Å²) >= 11 is 0. The lowest BCUT2D eigenvalue weighted by Crippen LogP contribution is -2.24. The third-order valence-electron chi connectivity index (χ3n) is 4.74. The minimum atomic E-state index is -3.45. The van der Waals surface area contributed by atoms with Crippen molar-refractivity contribution in [2.75, 3.05) is 26.4 Å². The summed E-state index contributed by atoms with van der Waals surface area (Å²) < 4.78 is 26.7. The van der Waals surface area contributed by atoms with E-state index in [-0.39, 0.29) is 16.2 Å². The maximum atomic E-state index is 12.7. The van der Waals surface area contributed by atoms with Gasteiger partial charge < -0.3 is 9.47 Å². The predicted octanol–water partition coefficient (Wildman–Crippen LogP) is 1.73. The number of hydrogen-bond donors (Lipinski definition) is 0. The number of nitriles is 1. The Morgan fingerprint density at radius 3 is 2.45 bits per heavy atom. The van der Waals surface area contributed by atoms with Gasteiger partial charge in [0.05, 0.1) is 33.3 Å². The number of fused-ring (bicyclic) bond motifs is 1. The van der Waals surface area contributed by atoms with Crippen LogP contribution in [0, 0.1) is 11.3 Å². The Labute approximate surface area is 169 Å². The lowest BCUT2D eigenvalue weighted by atomic mass is 10.1. The van der Waals surface area contributed by atoms with Gasteiger partial charge in [0.1, 0.15) is 5.69 Å². The largest absolute Gasteiger partial charge is 0.308 e.